The van der Waals surface area contributed by atoms with Gasteiger partial charge in [-0.15, -0.1) is 0 Å². The Morgan fingerprint density at radius 3 is 2.79 bits per heavy atom. The van der Waals surface area contributed by atoms with Gasteiger partial charge in [0.25, 0.3) is 0 Å². The Bertz CT molecular complexity index is 384. The maximum absolute atomic E-state index is 5.12. The van der Waals surface area contributed by atoms with Crippen molar-refractivity contribution < 1.29 is 4.74 Å². The fourth-order valence-corrected chi connectivity index (χ4v) is 2.58. The van der Waals surface area contributed by atoms with Gasteiger partial charge in [0, 0.05) is 43.5 Å². The molecule has 1 aromatic carbocycles. The SMILES string of the molecule is CCNC(C)c1cc(Br)ccc1N(C)CCCOC. The second-order valence-corrected chi connectivity index (χ2v) is 5.67. The molecule has 0 bridgehead atoms. The number of nitrogens with zero attached hydrogens (tertiary/aromatic N) is 1. The van der Waals surface area contributed by atoms with E-state index < -0.39 is 0 Å². The zero-order valence-electron chi connectivity index (χ0n) is 12.4. The fraction of sp³-hybridized carbons (Fsp3) is 0.600. The van der Waals surface area contributed by atoms with Crippen LogP contribution in [0.1, 0.15) is 31.9 Å². The molecule has 1 rings (SSSR count). The van der Waals surface area contributed by atoms with Gasteiger partial charge in [0.05, 0.1) is 0 Å². The van der Waals surface area contributed by atoms with E-state index in [1.54, 1.807) is 7.11 Å². The van der Waals surface area contributed by atoms with Crippen LogP contribution in [0.25, 0.3) is 0 Å². The lowest BCUT2D eigenvalue weighted by Gasteiger charge is -2.25. The van der Waals surface area contributed by atoms with E-state index in [9.17, 15) is 0 Å². The van der Waals surface area contributed by atoms with Gasteiger partial charge in [-0.1, -0.05) is 22.9 Å². The van der Waals surface area contributed by atoms with Crippen LogP contribution in [0.4, 0.5) is 5.69 Å². The number of halogens is 1. The topological polar surface area (TPSA) is 24.5 Å². The minimum absolute atomic E-state index is 0.349. The second kappa shape index (κ2) is 8.56. The van der Waals surface area contributed by atoms with Crippen molar-refractivity contribution in [3.63, 3.8) is 0 Å². The Hall–Kier alpha value is -0.580. The summed E-state index contributed by atoms with van der Waals surface area (Å²) in [6, 6.07) is 6.84. The lowest BCUT2D eigenvalue weighted by molar-refractivity contribution is 0.196. The summed E-state index contributed by atoms with van der Waals surface area (Å²) >= 11 is 3.56. The van der Waals surface area contributed by atoms with Crippen molar-refractivity contribution in [3.8, 4) is 0 Å². The zero-order chi connectivity index (χ0) is 14.3. The molecule has 1 unspecified atom stereocenters. The number of hydrogen-bond donors (Lipinski definition) is 1. The number of methoxy groups -OCH3 is 1. The Kier molecular flexibility index (Phi) is 7.42. The van der Waals surface area contributed by atoms with Crippen molar-refractivity contribution in [1.29, 1.82) is 0 Å². The summed E-state index contributed by atoms with van der Waals surface area (Å²) in [4.78, 5) is 2.30. The molecule has 0 radical (unpaired) electrons. The highest BCUT2D eigenvalue weighted by molar-refractivity contribution is 9.10. The number of benzene rings is 1. The van der Waals surface area contributed by atoms with E-state index >= 15 is 0 Å². The van der Waals surface area contributed by atoms with Crippen LogP contribution in [0.5, 0.6) is 0 Å². The summed E-state index contributed by atoms with van der Waals surface area (Å²) in [7, 11) is 3.89. The fourth-order valence-electron chi connectivity index (χ4n) is 2.20. The maximum atomic E-state index is 5.12. The summed E-state index contributed by atoms with van der Waals surface area (Å²) in [5, 5.41) is 3.48. The summed E-state index contributed by atoms with van der Waals surface area (Å²) in [5.41, 5.74) is 2.61. The molecule has 108 valence electrons. The average Bonchev–Trinajstić information content (AvgIpc) is 2.39. The Balaban J connectivity index is 2.86. The molecule has 1 aromatic rings. The van der Waals surface area contributed by atoms with E-state index in [0.717, 1.165) is 30.6 Å². The summed E-state index contributed by atoms with van der Waals surface area (Å²) in [5.74, 6) is 0. The van der Waals surface area contributed by atoms with Gasteiger partial charge in [0.1, 0.15) is 0 Å². The lowest BCUT2D eigenvalue weighted by atomic mass is 10.1. The molecule has 0 heterocycles. The van der Waals surface area contributed by atoms with Gasteiger partial charge < -0.3 is 15.0 Å². The van der Waals surface area contributed by atoms with Crippen LogP contribution in [0, 0.1) is 0 Å². The first kappa shape index (κ1) is 16.5. The van der Waals surface area contributed by atoms with E-state index in [-0.39, 0.29) is 0 Å². The van der Waals surface area contributed by atoms with Crippen molar-refractivity contribution in [2.75, 3.05) is 38.8 Å². The molecule has 0 spiro atoms. The molecule has 0 aromatic heterocycles. The summed E-state index contributed by atoms with van der Waals surface area (Å²) in [6.07, 6.45) is 1.04. The van der Waals surface area contributed by atoms with Gasteiger partial charge in [0.2, 0.25) is 0 Å². The molecular weight excluding hydrogens is 304 g/mol. The van der Waals surface area contributed by atoms with Gasteiger partial charge in [-0.05, 0) is 43.7 Å². The standard InChI is InChI=1S/C15H25BrN2O/c1-5-17-12(2)14-11-13(16)7-8-15(14)18(3)9-6-10-19-4/h7-8,11-12,17H,5-6,9-10H2,1-4H3. The number of ether oxygens (including phenoxy) is 1. The van der Waals surface area contributed by atoms with E-state index in [0.29, 0.717) is 6.04 Å². The molecule has 0 fully saturated rings. The van der Waals surface area contributed by atoms with Crippen LogP contribution >= 0.6 is 15.9 Å². The molecule has 0 aliphatic heterocycles. The number of hydrogen-bond acceptors (Lipinski definition) is 3. The van der Waals surface area contributed by atoms with E-state index in [2.05, 4.69) is 65.2 Å². The van der Waals surface area contributed by atoms with Gasteiger partial charge >= 0.3 is 0 Å². The van der Waals surface area contributed by atoms with Gasteiger partial charge in [-0.3, -0.25) is 0 Å². The number of rotatable bonds is 8. The van der Waals surface area contributed by atoms with E-state index in [1.165, 1.54) is 11.3 Å². The Morgan fingerprint density at radius 2 is 2.16 bits per heavy atom. The molecule has 0 saturated carbocycles. The highest BCUT2D eigenvalue weighted by atomic mass is 79.9. The Labute approximate surface area is 125 Å². The first-order chi connectivity index (χ1) is 9.10. The molecule has 1 atom stereocenters. The third-order valence-corrected chi connectivity index (χ3v) is 3.71. The largest absolute Gasteiger partial charge is 0.385 e. The Morgan fingerprint density at radius 1 is 1.42 bits per heavy atom. The quantitative estimate of drug-likeness (QED) is 0.738. The predicted molar refractivity (Wildman–Crippen MR) is 86.0 cm³/mol. The molecular formula is C15H25BrN2O. The lowest BCUT2D eigenvalue weighted by Crippen LogP contribution is -2.24. The first-order valence-electron chi connectivity index (χ1n) is 6.83. The van der Waals surface area contributed by atoms with Crippen LogP contribution in [0.2, 0.25) is 0 Å². The molecule has 0 aliphatic carbocycles. The van der Waals surface area contributed by atoms with Crippen molar-refractivity contribution in [2.24, 2.45) is 0 Å². The van der Waals surface area contributed by atoms with Crippen molar-refractivity contribution in [3.05, 3.63) is 28.2 Å². The molecule has 1 N–H and O–H groups in total. The number of anilines is 1. The highest BCUT2D eigenvalue weighted by Gasteiger charge is 2.13. The van der Waals surface area contributed by atoms with Crippen LogP contribution in [0.3, 0.4) is 0 Å². The summed E-state index contributed by atoms with van der Waals surface area (Å²) in [6.45, 7) is 7.12. The van der Waals surface area contributed by atoms with Gasteiger partial charge in [-0.2, -0.15) is 0 Å². The monoisotopic (exact) mass is 328 g/mol. The molecule has 19 heavy (non-hydrogen) atoms. The van der Waals surface area contributed by atoms with Crippen molar-refractivity contribution >= 4 is 21.6 Å². The highest BCUT2D eigenvalue weighted by Crippen LogP contribution is 2.29. The molecule has 0 amide bonds. The normalized spacial score (nSPS) is 12.5. The van der Waals surface area contributed by atoms with E-state index in [4.69, 9.17) is 4.74 Å². The molecule has 4 heteroatoms. The minimum Gasteiger partial charge on any atom is -0.385 e. The van der Waals surface area contributed by atoms with Crippen LogP contribution in [0.15, 0.2) is 22.7 Å². The minimum atomic E-state index is 0.349. The van der Waals surface area contributed by atoms with Crippen molar-refractivity contribution in [1.82, 2.24) is 5.32 Å². The molecule has 3 nitrogen and oxygen atoms in total. The van der Waals surface area contributed by atoms with E-state index in [1.807, 2.05) is 0 Å². The third-order valence-electron chi connectivity index (χ3n) is 3.22. The second-order valence-electron chi connectivity index (χ2n) is 4.75. The van der Waals surface area contributed by atoms with Crippen LogP contribution in [-0.4, -0.2) is 33.9 Å². The van der Waals surface area contributed by atoms with Crippen molar-refractivity contribution in [2.45, 2.75) is 26.3 Å². The van der Waals surface area contributed by atoms with Gasteiger partial charge in [-0.25, -0.2) is 0 Å². The smallest absolute Gasteiger partial charge is 0.0479 e. The first-order valence-corrected chi connectivity index (χ1v) is 7.62. The van der Waals surface area contributed by atoms with Gasteiger partial charge in [0.15, 0.2) is 0 Å². The average molecular weight is 329 g/mol. The molecule has 0 aliphatic rings. The molecule has 0 saturated heterocycles. The number of nitrogens with one attached hydrogen (secondary N) is 1. The maximum Gasteiger partial charge on any atom is 0.0479 e. The predicted octanol–water partition coefficient (Wildman–Crippen LogP) is 3.59. The zero-order valence-corrected chi connectivity index (χ0v) is 14.0. The third kappa shape index (κ3) is 5.13. The summed E-state index contributed by atoms with van der Waals surface area (Å²) < 4.78 is 6.24. The van der Waals surface area contributed by atoms with Crippen LogP contribution in [-0.2, 0) is 4.74 Å². The van der Waals surface area contributed by atoms with Crippen LogP contribution < -0.4 is 10.2 Å².